The van der Waals surface area contributed by atoms with Crippen LogP contribution in [0.1, 0.15) is 33.4 Å². The van der Waals surface area contributed by atoms with Gasteiger partial charge in [0.15, 0.2) is 0 Å². The number of carbonyl (C=O) groups excluding carboxylic acids is 1. The number of ether oxygens (including phenoxy) is 1. The third-order valence-electron chi connectivity index (χ3n) is 5.38. The van der Waals surface area contributed by atoms with Gasteiger partial charge >= 0.3 is 0 Å². The second-order valence-electron chi connectivity index (χ2n) is 7.42. The number of nitrogens with one attached hydrogen (secondary N) is 1. The number of hydrogen-bond donors (Lipinski definition) is 1. The van der Waals surface area contributed by atoms with Crippen LogP contribution in [0.2, 0.25) is 0 Å². The van der Waals surface area contributed by atoms with Crippen LogP contribution in [0.15, 0.2) is 102 Å². The molecule has 1 aliphatic heterocycles. The number of carbonyl (C=O) groups is 1. The zero-order valence-electron chi connectivity index (χ0n) is 16.9. The van der Waals surface area contributed by atoms with Crippen molar-refractivity contribution in [2.75, 3.05) is 5.32 Å². The summed E-state index contributed by atoms with van der Waals surface area (Å²) < 4.78 is 11.7. The molecule has 0 saturated carbocycles. The molecule has 1 N–H and O–H groups in total. The van der Waals surface area contributed by atoms with Crippen molar-refractivity contribution in [1.82, 2.24) is 4.90 Å². The molecule has 1 aliphatic rings. The average molecular weight is 410 g/mol. The van der Waals surface area contributed by atoms with Crippen LogP contribution in [-0.4, -0.2) is 10.8 Å². The highest BCUT2D eigenvalue weighted by molar-refractivity contribution is 6.01. The predicted octanol–water partition coefficient (Wildman–Crippen LogP) is 5.63. The molecular weight excluding hydrogens is 388 g/mol. The molecule has 154 valence electrons. The summed E-state index contributed by atoms with van der Waals surface area (Å²) in [6.07, 6.45) is 1.23. The maximum Gasteiger partial charge on any atom is 0.258 e. The second kappa shape index (κ2) is 8.40. The lowest BCUT2D eigenvalue weighted by Crippen LogP contribution is -2.42. The van der Waals surface area contributed by atoms with E-state index in [2.05, 4.69) is 5.32 Å². The van der Waals surface area contributed by atoms with E-state index in [1.54, 1.807) is 11.2 Å². The lowest BCUT2D eigenvalue weighted by molar-refractivity contribution is 0.0648. The number of hydrogen-bond acceptors (Lipinski definition) is 4. The molecule has 0 bridgehead atoms. The number of fused-ring (bicyclic) bond motifs is 1. The second-order valence-corrected chi connectivity index (χ2v) is 7.42. The first kappa shape index (κ1) is 19.0. The normalized spacial score (nSPS) is 15.3. The number of para-hydroxylation sites is 2. The van der Waals surface area contributed by atoms with Crippen molar-refractivity contribution in [2.45, 2.75) is 19.3 Å². The van der Waals surface area contributed by atoms with Crippen molar-refractivity contribution in [3.05, 3.63) is 120 Å². The van der Waals surface area contributed by atoms with Gasteiger partial charge in [0, 0.05) is 11.3 Å². The maximum atomic E-state index is 13.4. The molecule has 4 aromatic rings. The Morgan fingerprint density at radius 3 is 2.48 bits per heavy atom. The fraction of sp³-hybridized carbons (Fsp3) is 0.115. The topological polar surface area (TPSA) is 54.7 Å². The third-order valence-corrected chi connectivity index (χ3v) is 5.38. The summed E-state index contributed by atoms with van der Waals surface area (Å²) >= 11 is 0. The van der Waals surface area contributed by atoms with Gasteiger partial charge in [-0.3, -0.25) is 4.79 Å². The van der Waals surface area contributed by atoms with Crippen LogP contribution < -0.4 is 10.1 Å². The number of furan rings is 1. The van der Waals surface area contributed by atoms with Crippen LogP contribution in [0.3, 0.4) is 0 Å². The van der Waals surface area contributed by atoms with Gasteiger partial charge in [-0.25, -0.2) is 0 Å². The van der Waals surface area contributed by atoms with Gasteiger partial charge in [0.2, 0.25) is 0 Å². The van der Waals surface area contributed by atoms with Crippen molar-refractivity contribution in [2.24, 2.45) is 0 Å². The molecule has 0 spiro atoms. The molecule has 31 heavy (non-hydrogen) atoms. The molecule has 0 fully saturated rings. The van der Waals surface area contributed by atoms with Crippen molar-refractivity contribution >= 4 is 11.6 Å². The summed E-state index contributed by atoms with van der Waals surface area (Å²) in [6.45, 7) is 0.804. The van der Waals surface area contributed by atoms with Crippen LogP contribution in [0.4, 0.5) is 5.69 Å². The fourth-order valence-electron chi connectivity index (χ4n) is 3.85. The van der Waals surface area contributed by atoms with Crippen LogP contribution in [-0.2, 0) is 13.2 Å². The summed E-state index contributed by atoms with van der Waals surface area (Å²) in [5.74, 6) is 1.41. The first-order valence-electron chi connectivity index (χ1n) is 10.2. The van der Waals surface area contributed by atoms with Crippen molar-refractivity contribution < 1.29 is 13.9 Å². The first-order chi connectivity index (χ1) is 15.3. The van der Waals surface area contributed by atoms with E-state index in [0.717, 1.165) is 28.3 Å². The Hall–Kier alpha value is -3.99. The van der Waals surface area contributed by atoms with Gasteiger partial charge in [0.25, 0.3) is 5.91 Å². The minimum atomic E-state index is -0.389. The molecule has 5 heteroatoms. The van der Waals surface area contributed by atoms with Gasteiger partial charge in [-0.1, -0.05) is 60.7 Å². The third kappa shape index (κ3) is 3.90. The minimum absolute atomic E-state index is 0.0476. The number of benzene rings is 3. The van der Waals surface area contributed by atoms with E-state index in [0.29, 0.717) is 18.7 Å². The highest BCUT2D eigenvalue weighted by Crippen LogP contribution is 2.37. The Labute approximate surface area is 180 Å². The maximum absolute atomic E-state index is 13.4. The molecule has 5 rings (SSSR count). The molecule has 1 atom stereocenters. The smallest absolute Gasteiger partial charge is 0.258 e. The van der Waals surface area contributed by atoms with Gasteiger partial charge in [0.1, 0.15) is 24.3 Å². The molecule has 0 unspecified atom stereocenters. The summed E-state index contributed by atoms with van der Waals surface area (Å²) in [5.41, 5.74) is 3.44. The summed E-state index contributed by atoms with van der Waals surface area (Å²) in [6, 6.07) is 29.2. The molecule has 3 aromatic carbocycles. The van der Waals surface area contributed by atoms with Gasteiger partial charge in [0.05, 0.1) is 18.4 Å². The molecule has 2 heterocycles. The zero-order valence-corrected chi connectivity index (χ0v) is 16.9. The Kier molecular flexibility index (Phi) is 5.15. The quantitative estimate of drug-likeness (QED) is 0.448. The Morgan fingerprint density at radius 2 is 1.65 bits per heavy atom. The van der Waals surface area contributed by atoms with Crippen LogP contribution in [0.25, 0.3) is 0 Å². The number of amides is 1. The van der Waals surface area contributed by atoms with Gasteiger partial charge < -0.3 is 19.4 Å². The number of rotatable bonds is 6. The SMILES string of the molecule is O=C1c2ccccc2N[C@H](c2ccccc2OCc2ccccc2)N1Cc1ccco1. The standard InChI is InChI=1S/C26H22N2O3/c29-26-21-12-4-6-14-23(21)27-25(28(26)17-20-11-8-16-30-20)22-13-5-7-15-24(22)31-18-19-9-2-1-3-10-19/h1-16,25,27H,17-18H2/t25-/m0/s1. The fourth-order valence-corrected chi connectivity index (χ4v) is 3.85. The molecule has 0 radical (unpaired) electrons. The average Bonchev–Trinajstić information content (AvgIpc) is 3.34. The van der Waals surface area contributed by atoms with Gasteiger partial charge in [-0.05, 0) is 35.9 Å². The van der Waals surface area contributed by atoms with E-state index in [-0.39, 0.29) is 12.1 Å². The van der Waals surface area contributed by atoms with Gasteiger partial charge in [-0.2, -0.15) is 0 Å². The van der Waals surface area contributed by atoms with Crippen LogP contribution >= 0.6 is 0 Å². The highest BCUT2D eigenvalue weighted by Gasteiger charge is 2.34. The molecule has 5 nitrogen and oxygen atoms in total. The van der Waals surface area contributed by atoms with E-state index >= 15 is 0 Å². The summed E-state index contributed by atoms with van der Waals surface area (Å²) in [5, 5.41) is 3.53. The molecule has 0 saturated heterocycles. The summed E-state index contributed by atoms with van der Waals surface area (Å²) in [7, 11) is 0. The molecule has 1 aromatic heterocycles. The Balaban J connectivity index is 1.50. The first-order valence-corrected chi connectivity index (χ1v) is 10.2. The lowest BCUT2D eigenvalue weighted by Gasteiger charge is -2.38. The Morgan fingerprint density at radius 1 is 0.871 bits per heavy atom. The van der Waals surface area contributed by atoms with Crippen molar-refractivity contribution in [3.63, 3.8) is 0 Å². The van der Waals surface area contributed by atoms with E-state index in [9.17, 15) is 4.79 Å². The van der Waals surface area contributed by atoms with Crippen LogP contribution in [0, 0.1) is 0 Å². The van der Waals surface area contributed by atoms with E-state index in [1.807, 2.05) is 91.0 Å². The minimum Gasteiger partial charge on any atom is -0.488 e. The largest absolute Gasteiger partial charge is 0.488 e. The van der Waals surface area contributed by atoms with Crippen molar-refractivity contribution in [3.8, 4) is 5.75 Å². The van der Waals surface area contributed by atoms with E-state index < -0.39 is 0 Å². The Bertz CT molecular complexity index is 1170. The molecular formula is C26H22N2O3. The monoisotopic (exact) mass is 410 g/mol. The predicted molar refractivity (Wildman–Crippen MR) is 119 cm³/mol. The number of anilines is 1. The number of nitrogens with zero attached hydrogens (tertiary/aromatic N) is 1. The van der Waals surface area contributed by atoms with Gasteiger partial charge in [-0.15, -0.1) is 0 Å². The molecule has 0 aliphatic carbocycles. The highest BCUT2D eigenvalue weighted by atomic mass is 16.5. The van der Waals surface area contributed by atoms with E-state index in [1.165, 1.54) is 0 Å². The molecule has 1 amide bonds. The van der Waals surface area contributed by atoms with E-state index in [4.69, 9.17) is 9.15 Å². The lowest BCUT2D eigenvalue weighted by atomic mass is 10.0. The summed E-state index contributed by atoms with van der Waals surface area (Å²) in [4.78, 5) is 15.2. The van der Waals surface area contributed by atoms with Crippen molar-refractivity contribution in [1.29, 1.82) is 0 Å². The van der Waals surface area contributed by atoms with Crippen LogP contribution in [0.5, 0.6) is 5.75 Å². The zero-order chi connectivity index (χ0) is 21.0.